The van der Waals surface area contributed by atoms with E-state index in [1.165, 1.54) is 0 Å². The van der Waals surface area contributed by atoms with Crippen molar-refractivity contribution in [1.29, 1.82) is 0 Å². The number of carboxylic acids is 1. The second kappa shape index (κ2) is 5.84. The van der Waals surface area contributed by atoms with Crippen molar-refractivity contribution in [3.8, 4) is 5.75 Å². The van der Waals surface area contributed by atoms with Gasteiger partial charge in [0.2, 0.25) is 0 Å². The van der Waals surface area contributed by atoms with Crippen LogP contribution in [0.15, 0.2) is 42.5 Å². The third-order valence-corrected chi connectivity index (χ3v) is 3.97. The van der Waals surface area contributed by atoms with E-state index in [1.807, 2.05) is 64.1 Å². The van der Waals surface area contributed by atoms with E-state index < -0.39 is 5.97 Å². The Kier molecular flexibility index (Phi) is 4.27. The summed E-state index contributed by atoms with van der Waals surface area (Å²) in [7, 11) is 0. The van der Waals surface area contributed by atoms with Gasteiger partial charge in [-0.1, -0.05) is 64.1 Å². The molecule has 116 valence electrons. The van der Waals surface area contributed by atoms with E-state index in [9.17, 15) is 15.0 Å². The first-order valence-corrected chi connectivity index (χ1v) is 7.37. The minimum atomic E-state index is -1.11. The van der Waals surface area contributed by atoms with E-state index in [0.717, 1.165) is 11.1 Å². The molecule has 3 heteroatoms. The summed E-state index contributed by atoms with van der Waals surface area (Å²) in [4.78, 5) is 11.5. The third-order valence-electron chi connectivity index (χ3n) is 3.97. The standard InChI is InChI=1S/C19H22O3/c1-12(13-8-6-5-7-9-13)14-10-15(18(21)22)17(20)16(11-14)19(2,3)4/h5-12,20H,1-4H3,(H,21,22). The molecule has 22 heavy (non-hydrogen) atoms. The molecule has 1 unspecified atom stereocenters. The first-order chi connectivity index (χ1) is 10.2. The van der Waals surface area contributed by atoms with Crippen molar-refractivity contribution < 1.29 is 15.0 Å². The molecule has 0 aliphatic heterocycles. The summed E-state index contributed by atoms with van der Waals surface area (Å²) in [6.07, 6.45) is 0. The molecule has 2 N–H and O–H groups in total. The van der Waals surface area contributed by atoms with Gasteiger partial charge in [-0.3, -0.25) is 0 Å². The number of benzene rings is 2. The molecule has 0 aromatic heterocycles. The van der Waals surface area contributed by atoms with E-state index in [2.05, 4.69) is 0 Å². The van der Waals surface area contributed by atoms with Gasteiger partial charge in [-0.25, -0.2) is 4.79 Å². The predicted molar refractivity (Wildman–Crippen MR) is 87.7 cm³/mol. The first kappa shape index (κ1) is 16.1. The molecule has 0 radical (unpaired) electrons. The minimum Gasteiger partial charge on any atom is -0.507 e. The number of aromatic hydroxyl groups is 1. The second-order valence-corrected chi connectivity index (χ2v) is 6.65. The highest BCUT2D eigenvalue weighted by molar-refractivity contribution is 5.91. The molecule has 2 rings (SSSR count). The number of hydrogen-bond acceptors (Lipinski definition) is 2. The zero-order valence-electron chi connectivity index (χ0n) is 13.4. The van der Waals surface area contributed by atoms with E-state index >= 15 is 0 Å². The van der Waals surface area contributed by atoms with Crippen LogP contribution in [0.5, 0.6) is 5.75 Å². The Bertz CT molecular complexity index is 682. The Balaban J connectivity index is 2.62. The lowest BCUT2D eigenvalue weighted by atomic mass is 9.81. The van der Waals surface area contributed by atoms with E-state index in [0.29, 0.717) is 5.56 Å². The molecule has 0 heterocycles. The normalized spacial score (nSPS) is 12.9. The fraction of sp³-hybridized carbons (Fsp3) is 0.316. The fourth-order valence-electron chi connectivity index (χ4n) is 2.58. The average Bonchev–Trinajstić information content (AvgIpc) is 2.46. The Hall–Kier alpha value is -2.29. The molecule has 2 aromatic carbocycles. The van der Waals surface area contributed by atoms with Crippen molar-refractivity contribution in [2.75, 3.05) is 0 Å². The van der Waals surface area contributed by atoms with Crippen molar-refractivity contribution in [3.63, 3.8) is 0 Å². The number of hydrogen-bond donors (Lipinski definition) is 2. The first-order valence-electron chi connectivity index (χ1n) is 7.37. The number of rotatable bonds is 3. The monoisotopic (exact) mass is 298 g/mol. The van der Waals surface area contributed by atoms with E-state index in [1.54, 1.807) is 6.07 Å². The van der Waals surface area contributed by atoms with Crippen LogP contribution in [0.1, 0.15) is 60.7 Å². The highest BCUT2D eigenvalue weighted by Gasteiger charge is 2.25. The molecule has 0 saturated carbocycles. The highest BCUT2D eigenvalue weighted by atomic mass is 16.4. The van der Waals surface area contributed by atoms with Crippen LogP contribution in [0, 0.1) is 0 Å². The molecule has 0 saturated heterocycles. The van der Waals surface area contributed by atoms with Gasteiger partial charge in [0.25, 0.3) is 0 Å². The number of carboxylic acid groups (broad SMARTS) is 1. The molecule has 3 nitrogen and oxygen atoms in total. The second-order valence-electron chi connectivity index (χ2n) is 6.65. The number of aromatic carboxylic acids is 1. The van der Waals surface area contributed by atoms with Crippen molar-refractivity contribution in [1.82, 2.24) is 0 Å². The average molecular weight is 298 g/mol. The van der Waals surface area contributed by atoms with Gasteiger partial charge in [0.1, 0.15) is 11.3 Å². The summed E-state index contributed by atoms with van der Waals surface area (Å²) in [5, 5.41) is 19.7. The number of phenols is 1. The zero-order valence-corrected chi connectivity index (χ0v) is 13.4. The third kappa shape index (κ3) is 3.14. The molecule has 0 fully saturated rings. The summed E-state index contributed by atoms with van der Waals surface area (Å²) in [5.74, 6) is -1.19. The topological polar surface area (TPSA) is 57.5 Å². The smallest absolute Gasteiger partial charge is 0.339 e. The summed E-state index contributed by atoms with van der Waals surface area (Å²) >= 11 is 0. The maximum absolute atomic E-state index is 11.5. The molecule has 0 amide bonds. The molecule has 1 atom stereocenters. The molecule has 0 bridgehead atoms. The highest BCUT2D eigenvalue weighted by Crippen LogP contribution is 2.37. The minimum absolute atomic E-state index is 0.0368. The van der Waals surface area contributed by atoms with Gasteiger partial charge in [0.05, 0.1) is 0 Å². The summed E-state index contributed by atoms with van der Waals surface area (Å²) < 4.78 is 0. The van der Waals surface area contributed by atoms with Gasteiger partial charge in [-0.2, -0.15) is 0 Å². The maximum atomic E-state index is 11.5. The van der Waals surface area contributed by atoms with Gasteiger partial charge < -0.3 is 10.2 Å². The summed E-state index contributed by atoms with van der Waals surface area (Å²) in [5.41, 5.74) is 2.30. The van der Waals surface area contributed by atoms with E-state index in [4.69, 9.17) is 0 Å². The molecule has 0 spiro atoms. The predicted octanol–water partition coefficient (Wildman–Crippen LogP) is 4.54. The van der Waals surface area contributed by atoms with Crippen LogP contribution < -0.4 is 0 Å². The molecule has 0 aliphatic rings. The molecule has 2 aromatic rings. The van der Waals surface area contributed by atoms with Crippen LogP contribution in [0.25, 0.3) is 0 Å². The Labute approximate surface area is 131 Å². The number of carbonyl (C=O) groups is 1. The Morgan fingerprint density at radius 3 is 2.14 bits per heavy atom. The summed E-state index contributed by atoms with van der Waals surface area (Å²) in [6, 6.07) is 13.4. The zero-order chi connectivity index (χ0) is 16.5. The SMILES string of the molecule is CC(c1ccccc1)c1cc(C(=O)O)c(O)c(C(C)(C)C)c1. The quantitative estimate of drug-likeness (QED) is 0.874. The molecular formula is C19H22O3. The van der Waals surface area contributed by atoms with Crippen LogP contribution >= 0.6 is 0 Å². The van der Waals surface area contributed by atoms with Crippen LogP contribution in [0.3, 0.4) is 0 Å². The Morgan fingerprint density at radius 2 is 1.64 bits per heavy atom. The van der Waals surface area contributed by atoms with Crippen LogP contribution in [0.4, 0.5) is 0 Å². The molecule has 0 aliphatic carbocycles. The maximum Gasteiger partial charge on any atom is 0.339 e. The summed E-state index contributed by atoms with van der Waals surface area (Å²) in [6.45, 7) is 7.93. The van der Waals surface area contributed by atoms with Gasteiger partial charge >= 0.3 is 5.97 Å². The van der Waals surface area contributed by atoms with Gasteiger partial charge in [0, 0.05) is 11.5 Å². The Morgan fingerprint density at radius 1 is 1.05 bits per heavy atom. The lowest BCUT2D eigenvalue weighted by Gasteiger charge is -2.24. The van der Waals surface area contributed by atoms with E-state index in [-0.39, 0.29) is 22.6 Å². The van der Waals surface area contributed by atoms with Crippen molar-refractivity contribution in [2.45, 2.75) is 39.0 Å². The van der Waals surface area contributed by atoms with Crippen LogP contribution in [0.2, 0.25) is 0 Å². The lowest BCUT2D eigenvalue weighted by Crippen LogP contribution is -2.15. The largest absolute Gasteiger partial charge is 0.507 e. The van der Waals surface area contributed by atoms with Gasteiger partial charge in [0.15, 0.2) is 0 Å². The lowest BCUT2D eigenvalue weighted by molar-refractivity contribution is 0.0693. The van der Waals surface area contributed by atoms with Gasteiger partial charge in [-0.05, 0) is 22.6 Å². The molecular weight excluding hydrogens is 276 g/mol. The van der Waals surface area contributed by atoms with Gasteiger partial charge in [-0.15, -0.1) is 0 Å². The van der Waals surface area contributed by atoms with Crippen molar-refractivity contribution in [2.24, 2.45) is 0 Å². The van der Waals surface area contributed by atoms with Crippen LogP contribution in [-0.2, 0) is 5.41 Å². The van der Waals surface area contributed by atoms with Crippen LogP contribution in [-0.4, -0.2) is 16.2 Å². The van der Waals surface area contributed by atoms with Crippen molar-refractivity contribution in [3.05, 3.63) is 64.7 Å². The van der Waals surface area contributed by atoms with Crippen molar-refractivity contribution >= 4 is 5.97 Å². The fourth-order valence-corrected chi connectivity index (χ4v) is 2.58.